The van der Waals surface area contributed by atoms with E-state index in [2.05, 4.69) is 9.24 Å². The van der Waals surface area contributed by atoms with E-state index in [1.807, 2.05) is 13.8 Å². The molecule has 1 atom stereocenters. The average Bonchev–Trinajstić information content (AvgIpc) is 2.16. The number of ketones is 1. The Morgan fingerprint density at radius 2 is 2.07 bits per heavy atom. The van der Waals surface area contributed by atoms with Crippen LogP contribution in [0.2, 0.25) is 0 Å². The van der Waals surface area contributed by atoms with Gasteiger partial charge in [-0.3, -0.25) is 9.59 Å². The SMILES string of the molecule is CC(C)C(=O)c1cccc(P)c1C=O. The summed E-state index contributed by atoms with van der Waals surface area (Å²) >= 11 is 0. The highest BCUT2D eigenvalue weighted by atomic mass is 31.0. The van der Waals surface area contributed by atoms with Crippen LogP contribution < -0.4 is 5.30 Å². The molecule has 0 spiro atoms. The zero-order valence-electron chi connectivity index (χ0n) is 8.28. The van der Waals surface area contributed by atoms with Crippen molar-refractivity contribution in [3.63, 3.8) is 0 Å². The quantitative estimate of drug-likeness (QED) is 0.431. The summed E-state index contributed by atoms with van der Waals surface area (Å²) in [5.74, 6) is -0.0723. The molecule has 0 aliphatic rings. The summed E-state index contributed by atoms with van der Waals surface area (Å²) in [6.07, 6.45) is 0.734. The van der Waals surface area contributed by atoms with Gasteiger partial charge in [0.05, 0.1) is 0 Å². The molecule has 0 aromatic heterocycles. The number of benzene rings is 1. The first-order valence-corrected chi connectivity index (χ1v) is 5.03. The number of Topliss-reactive ketones (excluding diaryl/α,β-unsaturated/α-hetero) is 1. The van der Waals surface area contributed by atoms with Gasteiger partial charge in [0.1, 0.15) is 0 Å². The highest BCUT2D eigenvalue weighted by molar-refractivity contribution is 7.27. The number of aldehydes is 1. The van der Waals surface area contributed by atoms with Crippen LogP contribution in [-0.4, -0.2) is 12.1 Å². The standard InChI is InChI=1S/C11H13O2P/c1-7(2)11(13)8-4-3-5-10(14)9(8)6-12/h3-7H,14H2,1-2H3. The van der Waals surface area contributed by atoms with Crippen LogP contribution in [0.4, 0.5) is 0 Å². The van der Waals surface area contributed by atoms with Crippen LogP contribution in [0.15, 0.2) is 18.2 Å². The van der Waals surface area contributed by atoms with E-state index in [9.17, 15) is 9.59 Å². The molecule has 2 nitrogen and oxygen atoms in total. The van der Waals surface area contributed by atoms with Crippen LogP contribution in [0.5, 0.6) is 0 Å². The Labute approximate surface area is 85.9 Å². The average molecular weight is 208 g/mol. The molecule has 0 aliphatic carbocycles. The van der Waals surface area contributed by atoms with Crippen LogP contribution in [0.3, 0.4) is 0 Å². The molecule has 0 bridgehead atoms. The Balaban J connectivity index is 3.27. The molecule has 1 aromatic rings. The zero-order chi connectivity index (χ0) is 10.7. The molecule has 0 amide bonds. The summed E-state index contributed by atoms with van der Waals surface area (Å²) in [7, 11) is 2.46. The fourth-order valence-electron chi connectivity index (χ4n) is 1.24. The van der Waals surface area contributed by atoms with E-state index in [1.54, 1.807) is 18.2 Å². The Bertz CT molecular complexity index is 370. The zero-order valence-corrected chi connectivity index (χ0v) is 9.44. The lowest BCUT2D eigenvalue weighted by Gasteiger charge is -2.08. The van der Waals surface area contributed by atoms with E-state index in [-0.39, 0.29) is 11.7 Å². The van der Waals surface area contributed by atoms with Crippen molar-refractivity contribution in [3.8, 4) is 0 Å². The Morgan fingerprint density at radius 1 is 1.43 bits per heavy atom. The minimum Gasteiger partial charge on any atom is -0.298 e. The van der Waals surface area contributed by atoms with E-state index >= 15 is 0 Å². The maximum Gasteiger partial charge on any atom is 0.166 e. The van der Waals surface area contributed by atoms with E-state index in [0.29, 0.717) is 11.1 Å². The summed E-state index contributed by atoms with van der Waals surface area (Å²) in [6, 6.07) is 5.27. The molecule has 1 aromatic carbocycles. The van der Waals surface area contributed by atoms with Crippen molar-refractivity contribution in [2.24, 2.45) is 5.92 Å². The fraction of sp³-hybridized carbons (Fsp3) is 0.273. The lowest BCUT2D eigenvalue weighted by molar-refractivity contribution is 0.0934. The van der Waals surface area contributed by atoms with Gasteiger partial charge in [-0.05, 0) is 5.30 Å². The summed E-state index contributed by atoms with van der Waals surface area (Å²) in [6.45, 7) is 3.65. The summed E-state index contributed by atoms with van der Waals surface area (Å²) in [4.78, 5) is 22.5. The predicted octanol–water partition coefficient (Wildman–Crippen LogP) is 1.84. The first-order chi connectivity index (χ1) is 6.57. The molecule has 1 unspecified atom stereocenters. The monoisotopic (exact) mass is 208 g/mol. The number of rotatable bonds is 3. The summed E-state index contributed by atoms with van der Waals surface area (Å²) in [5.41, 5.74) is 0.999. The van der Waals surface area contributed by atoms with E-state index in [4.69, 9.17) is 0 Å². The molecular formula is C11H13O2P. The van der Waals surface area contributed by atoms with Crippen LogP contribution in [0, 0.1) is 5.92 Å². The first-order valence-electron chi connectivity index (χ1n) is 4.45. The van der Waals surface area contributed by atoms with Gasteiger partial charge in [0, 0.05) is 17.0 Å². The van der Waals surface area contributed by atoms with Crippen molar-refractivity contribution in [3.05, 3.63) is 29.3 Å². The van der Waals surface area contributed by atoms with Crippen LogP contribution in [0.1, 0.15) is 34.6 Å². The van der Waals surface area contributed by atoms with Gasteiger partial charge in [-0.25, -0.2) is 0 Å². The maximum atomic E-state index is 11.7. The van der Waals surface area contributed by atoms with Gasteiger partial charge in [0.2, 0.25) is 0 Å². The van der Waals surface area contributed by atoms with Crippen LogP contribution >= 0.6 is 9.24 Å². The van der Waals surface area contributed by atoms with Crippen LogP contribution in [-0.2, 0) is 0 Å². The second kappa shape index (κ2) is 4.47. The van der Waals surface area contributed by atoms with Crippen molar-refractivity contribution in [2.45, 2.75) is 13.8 Å². The topological polar surface area (TPSA) is 34.1 Å². The smallest absolute Gasteiger partial charge is 0.166 e. The Morgan fingerprint density at radius 3 is 2.57 bits per heavy atom. The molecule has 0 saturated carbocycles. The third-order valence-corrected chi connectivity index (χ3v) is 2.55. The third kappa shape index (κ3) is 2.08. The normalized spacial score (nSPS) is 10.3. The number of hydrogen-bond donors (Lipinski definition) is 0. The number of carbonyl (C=O) groups is 2. The molecule has 3 heteroatoms. The van der Waals surface area contributed by atoms with E-state index < -0.39 is 0 Å². The van der Waals surface area contributed by atoms with Crippen molar-refractivity contribution in [2.75, 3.05) is 0 Å². The second-order valence-corrected chi connectivity index (χ2v) is 4.07. The molecule has 0 saturated heterocycles. The molecule has 0 N–H and O–H groups in total. The van der Waals surface area contributed by atoms with E-state index in [1.165, 1.54) is 0 Å². The molecule has 0 fully saturated rings. The molecule has 1 rings (SSSR count). The van der Waals surface area contributed by atoms with Gasteiger partial charge in [-0.15, -0.1) is 9.24 Å². The third-order valence-electron chi connectivity index (χ3n) is 2.05. The van der Waals surface area contributed by atoms with Gasteiger partial charge in [0.15, 0.2) is 12.1 Å². The molecule has 0 radical (unpaired) electrons. The summed E-state index contributed by atoms with van der Waals surface area (Å²) in [5, 5.41) is 0.770. The van der Waals surface area contributed by atoms with Crippen molar-refractivity contribution >= 4 is 26.6 Å². The van der Waals surface area contributed by atoms with Crippen LogP contribution in [0.25, 0.3) is 0 Å². The first kappa shape index (κ1) is 11.1. The Kier molecular flexibility index (Phi) is 3.54. The van der Waals surface area contributed by atoms with Crippen molar-refractivity contribution in [1.29, 1.82) is 0 Å². The van der Waals surface area contributed by atoms with Gasteiger partial charge < -0.3 is 0 Å². The lowest BCUT2D eigenvalue weighted by atomic mass is 9.97. The van der Waals surface area contributed by atoms with Gasteiger partial charge >= 0.3 is 0 Å². The number of carbonyl (C=O) groups excluding carboxylic acids is 2. The molecule has 74 valence electrons. The highest BCUT2D eigenvalue weighted by Gasteiger charge is 2.15. The second-order valence-electron chi connectivity index (χ2n) is 3.45. The number of hydrogen-bond acceptors (Lipinski definition) is 2. The fourth-order valence-corrected chi connectivity index (χ4v) is 1.58. The minimum absolute atomic E-state index is 0.0106. The molecule has 0 heterocycles. The van der Waals surface area contributed by atoms with Gasteiger partial charge in [-0.2, -0.15) is 0 Å². The molecule has 14 heavy (non-hydrogen) atoms. The lowest BCUT2D eigenvalue weighted by Crippen LogP contribution is -2.14. The van der Waals surface area contributed by atoms with Crippen molar-refractivity contribution in [1.82, 2.24) is 0 Å². The maximum absolute atomic E-state index is 11.7. The predicted molar refractivity (Wildman–Crippen MR) is 60.3 cm³/mol. The van der Waals surface area contributed by atoms with E-state index in [0.717, 1.165) is 11.6 Å². The van der Waals surface area contributed by atoms with Crippen molar-refractivity contribution < 1.29 is 9.59 Å². The Hall–Kier alpha value is -1.01. The van der Waals surface area contributed by atoms with Gasteiger partial charge in [-0.1, -0.05) is 32.0 Å². The minimum atomic E-state index is -0.0829. The summed E-state index contributed by atoms with van der Waals surface area (Å²) < 4.78 is 0. The molecule has 0 aliphatic heterocycles. The van der Waals surface area contributed by atoms with Gasteiger partial charge in [0.25, 0.3) is 0 Å². The highest BCUT2D eigenvalue weighted by Crippen LogP contribution is 2.12. The largest absolute Gasteiger partial charge is 0.298 e. The molecular weight excluding hydrogens is 195 g/mol.